The van der Waals surface area contributed by atoms with Crippen LogP contribution in [0.2, 0.25) is 0 Å². The van der Waals surface area contributed by atoms with Crippen LogP contribution in [0.4, 0.5) is 4.79 Å². The standard InChI is InChI=1S/C14H18N4O2/c15-17-16-10-12-6-8-18(9-7-12)14(19)20-11-13-4-2-1-3-5-13/h1-5,12H,6-11H2. The quantitative estimate of drug-likeness (QED) is 0.479. The zero-order chi connectivity index (χ0) is 14.2. The van der Waals surface area contributed by atoms with Gasteiger partial charge in [0.05, 0.1) is 0 Å². The summed E-state index contributed by atoms with van der Waals surface area (Å²) in [6, 6.07) is 9.63. The molecular weight excluding hydrogens is 256 g/mol. The van der Waals surface area contributed by atoms with Crippen LogP contribution in [-0.2, 0) is 11.3 Å². The molecule has 0 aromatic heterocycles. The highest BCUT2D eigenvalue weighted by molar-refractivity contribution is 5.67. The van der Waals surface area contributed by atoms with Crippen LogP contribution < -0.4 is 0 Å². The number of amides is 1. The third-order valence-electron chi connectivity index (χ3n) is 3.48. The predicted octanol–water partition coefficient (Wildman–Crippen LogP) is 3.35. The highest BCUT2D eigenvalue weighted by Crippen LogP contribution is 2.18. The van der Waals surface area contributed by atoms with Crippen LogP contribution in [0.5, 0.6) is 0 Å². The van der Waals surface area contributed by atoms with Crippen LogP contribution in [0.25, 0.3) is 10.4 Å². The largest absolute Gasteiger partial charge is 0.445 e. The van der Waals surface area contributed by atoms with Crippen LogP contribution in [-0.4, -0.2) is 30.6 Å². The third kappa shape index (κ3) is 4.17. The minimum Gasteiger partial charge on any atom is -0.445 e. The molecule has 1 aromatic carbocycles. The lowest BCUT2D eigenvalue weighted by Gasteiger charge is -2.30. The second-order valence-corrected chi connectivity index (χ2v) is 4.88. The molecule has 2 rings (SSSR count). The second-order valence-electron chi connectivity index (χ2n) is 4.88. The van der Waals surface area contributed by atoms with Crippen molar-refractivity contribution in [2.24, 2.45) is 11.0 Å². The van der Waals surface area contributed by atoms with Crippen LogP contribution >= 0.6 is 0 Å². The van der Waals surface area contributed by atoms with Gasteiger partial charge < -0.3 is 9.64 Å². The van der Waals surface area contributed by atoms with E-state index in [0.717, 1.165) is 18.4 Å². The number of ether oxygens (including phenoxy) is 1. The van der Waals surface area contributed by atoms with Gasteiger partial charge in [0.15, 0.2) is 0 Å². The predicted molar refractivity (Wildman–Crippen MR) is 74.9 cm³/mol. The number of carbonyl (C=O) groups is 1. The molecule has 106 valence electrons. The van der Waals surface area contributed by atoms with Crippen molar-refractivity contribution in [1.82, 2.24) is 4.90 Å². The van der Waals surface area contributed by atoms with Crippen molar-refractivity contribution in [2.75, 3.05) is 19.6 Å². The molecule has 0 unspecified atom stereocenters. The van der Waals surface area contributed by atoms with Gasteiger partial charge in [-0.1, -0.05) is 35.4 Å². The molecule has 1 aromatic rings. The fraction of sp³-hybridized carbons (Fsp3) is 0.500. The monoisotopic (exact) mass is 274 g/mol. The van der Waals surface area contributed by atoms with E-state index in [4.69, 9.17) is 10.3 Å². The molecule has 0 aliphatic carbocycles. The lowest BCUT2D eigenvalue weighted by Crippen LogP contribution is -2.39. The lowest BCUT2D eigenvalue weighted by molar-refractivity contribution is 0.0829. The van der Waals surface area contributed by atoms with E-state index in [0.29, 0.717) is 32.2 Å². The summed E-state index contributed by atoms with van der Waals surface area (Å²) < 4.78 is 5.29. The molecule has 6 nitrogen and oxygen atoms in total. The lowest BCUT2D eigenvalue weighted by atomic mass is 9.97. The summed E-state index contributed by atoms with van der Waals surface area (Å²) in [5.74, 6) is 0.379. The average Bonchev–Trinajstić information content (AvgIpc) is 2.52. The van der Waals surface area contributed by atoms with Gasteiger partial charge in [0.25, 0.3) is 0 Å². The summed E-state index contributed by atoms with van der Waals surface area (Å²) in [4.78, 5) is 16.4. The molecule has 1 saturated heterocycles. The number of hydrogen-bond acceptors (Lipinski definition) is 3. The molecule has 0 radical (unpaired) electrons. The fourth-order valence-corrected chi connectivity index (χ4v) is 2.26. The first-order valence-electron chi connectivity index (χ1n) is 6.76. The zero-order valence-corrected chi connectivity index (χ0v) is 11.3. The van der Waals surface area contributed by atoms with E-state index in [1.54, 1.807) is 4.90 Å². The maximum Gasteiger partial charge on any atom is 0.410 e. The number of benzene rings is 1. The summed E-state index contributed by atoms with van der Waals surface area (Å²) >= 11 is 0. The third-order valence-corrected chi connectivity index (χ3v) is 3.48. The Labute approximate surface area is 118 Å². The molecule has 0 bridgehead atoms. The van der Waals surface area contributed by atoms with Crippen LogP contribution in [0, 0.1) is 5.92 Å². The van der Waals surface area contributed by atoms with Crippen molar-refractivity contribution in [3.63, 3.8) is 0 Å². The molecule has 20 heavy (non-hydrogen) atoms. The van der Waals surface area contributed by atoms with Gasteiger partial charge in [-0.05, 0) is 29.9 Å². The molecular formula is C14H18N4O2. The van der Waals surface area contributed by atoms with Gasteiger partial charge in [0.1, 0.15) is 6.61 Å². The van der Waals surface area contributed by atoms with Crippen molar-refractivity contribution in [3.05, 3.63) is 46.3 Å². The number of carbonyl (C=O) groups excluding carboxylic acids is 1. The Morgan fingerprint density at radius 3 is 2.70 bits per heavy atom. The molecule has 6 heteroatoms. The zero-order valence-electron chi connectivity index (χ0n) is 11.3. The van der Waals surface area contributed by atoms with E-state index in [1.807, 2.05) is 30.3 Å². The molecule has 1 amide bonds. The van der Waals surface area contributed by atoms with Crippen molar-refractivity contribution in [3.8, 4) is 0 Å². The molecule has 1 aliphatic rings. The Morgan fingerprint density at radius 2 is 2.05 bits per heavy atom. The van der Waals surface area contributed by atoms with Gasteiger partial charge in [-0.2, -0.15) is 0 Å². The maximum atomic E-state index is 11.9. The van der Waals surface area contributed by atoms with Crippen LogP contribution in [0.3, 0.4) is 0 Å². The molecule has 0 N–H and O–H groups in total. The SMILES string of the molecule is [N-]=[N+]=NCC1CCN(C(=O)OCc2ccccc2)CC1. The number of rotatable bonds is 4. The summed E-state index contributed by atoms with van der Waals surface area (Å²) in [6.45, 7) is 2.15. The van der Waals surface area contributed by atoms with Crippen LogP contribution in [0.1, 0.15) is 18.4 Å². The number of nitrogens with zero attached hydrogens (tertiary/aromatic N) is 4. The van der Waals surface area contributed by atoms with E-state index < -0.39 is 0 Å². The van der Waals surface area contributed by atoms with Crippen molar-refractivity contribution < 1.29 is 9.53 Å². The highest BCUT2D eigenvalue weighted by Gasteiger charge is 2.23. The Balaban J connectivity index is 1.73. The Morgan fingerprint density at radius 1 is 1.35 bits per heavy atom. The number of piperidine rings is 1. The Kier molecular flexibility index (Phi) is 5.26. The second kappa shape index (κ2) is 7.40. The normalized spacial score (nSPS) is 15.5. The highest BCUT2D eigenvalue weighted by atomic mass is 16.6. The van der Waals surface area contributed by atoms with Gasteiger partial charge in [-0.15, -0.1) is 0 Å². The first kappa shape index (κ1) is 14.2. The minimum atomic E-state index is -0.268. The van der Waals surface area contributed by atoms with Gasteiger partial charge in [0, 0.05) is 24.5 Å². The maximum absolute atomic E-state index is 11.9. The summed E-state index contributed by atoms with van der Waals surface area (Å²) in [7, 11) is 0. The van der Waals surface area contributed by atoms with Gasteiger partial charge >= 0.3 is 6.09 Å². The van der Waals surface area contributed by atoms with Crippen molar-refractivity contribution >= 4 is 6.09 Å². The molecule has 1 fully saturated rings. The molecule has 0 spiro atoms. The molecule has 0 atom stereocenters. The van der Waals surface area contributed by atoms with Crippen LogP contribution in [0.15, 0.2) is 35.4 Å². The van der Waals surface area contributed by atoms with Crippen molar-refractivity contribution in [2.45, 2.75) is 19.4 Å². The molecule has 0 saturated carbocycles. The Hall–Kier alpha value is -2.20. The number of hydrogen-bond donors (Lipinski definition) is 0. The van der Waals surface area contributed by atoms with E-state index >= 15 is 0 Å². The van der Waals surface area contributed by atoms with Crippen molar-refractivity contribution in [1.29, 1.82) is 0 Å². The fourth-order valence-electron chi connectivity index (χ4n) is 2.26. The molecule has 1 aliphatic heterocycles. The first-order chi connectivity index (χ1) is 9.79. The van der Waals surface area contributed by atoms with Gasteiger partial charge in [-0.3, -0.25) is 0 Å². The van der Waals surface area contributed by atoms with Gasteiger partial charge in [-0.25, -0.2) is 4.79 Å². The first-order valence-corrected chi connectivity index (χ1v) is 6.76. The smallest absolute Gasteiger partial charge is 0.410 e. The summed E-state index contributed by atoms with van der Waals surface area (Å²) in [5, 5.41) is 3.59. The number of azide groups is 1. The average molecular weight is 274 g/mol. The summed E-state index contributed by atoms with van der Waals surface area (Å²) in [6.07, 6.45) is 1.45. The topological polar surface area (TPSA) is 78.3 Å². The van der Waals surface area contributed by atoms with E-state index in [9.17, 15) is 4.79 Å². The molecule has 1 heterocycles. The summed E-state index contributed by atoms with van der Waals surface area (Å²) in [5.41, 5.74) is 9.27. The van der Waals surface area contributed by atoms with E-state index in [1.165, 1.54) is 0 Å². The Bertz CT molecular complexity index is 477. The van der Waals surface area contributed by atoms with Gasteiger partial charge in [0.2, 0.25) is 0 Å². The number of likely N-dealkylation sites (tertiary alicyclic amines) is 1. The van der Waals surface area contributed by atoms with E-state index in [-0.39, 0.29) is 6.09 Å². The minimum absolute atomic E-state index is 0.268. The van der Waals surface area contributed by atoms with E-state index in [2.05, 4.69) is 10.0 Å².